The highest BCUT2D eigenvalue weighted by Crippen LogP contribution is 2.31. The second-order valence-electron chi connectivity index (χ2n) is 4.30. The summed E-state index contributed by atoms with van der Waals surface area (Å²) in [5.41, 5.74) is 5.29. The molecule has 1 heterocycles. The van der Waals surface area contributed by atoms with E-state index in [0.29, 0.717) is 6.04 Å². The topological polar surface area (TPSA) is 24.9 Å². The molecular formula is C13H13FN2S. The lowest BCUT2D eigenvalue weighted by atomic mass is 10.1. The van der Waals surface area contributed by atoms with Gasteiger partial charge < -0.3 is 5.32 Å². The zero-order valence-corrected chi connectivity index (χ0v) is 10.1. The van der Waals surface area contributed by atoms with Crippen molar-refractivity contribution in [3.05, 3.63) is 51.7 Å². The van der Waals surface area contributed by atoms with Crippen LogP contribution in [-0.4, -0.2) is 4.98 Å². The molecule has 1 aromatic heterocycles. The van der Waals surface area contributed by atoms with Crippen LogP contribution in [0, 0.1) is 5.82 Å². The molecule has 0 saturated heterocycles. The van der Waals surface area contributed by atoms with E-state index in [9.17, 15) is 4.39 Å². The third-order valence-corrected chi connectivity index (χ3v) is 3.83. The van der Waals surface area contributed by atoms with Gasteiger partial charge in [-0.25, -0.2) is 9.37 Å². The summed E-state index contributed by atoms with van der Waals surface area (Å²) >= 11 is 1.61. The molecule has 3 rings (SSSR count). The van der Waals surface area contributed by atoms with E-state index < -0.39 is 0 Å². The predicted molar refractivity (Wildman–Crippen MR) is 66.4 cm³/mol. The molecule has 1 aliphatic carbocycles. The van der Waals surface area contributed by atoms with Crippen molar-refractivity contribution < 1.29 is 4.39 Å². The van der Waals surface area contributed by atoms with Crippen molar-refractivity contribution >= 4 is 11.3 Å². The van der Waals surface area contributed by atoms with Gasteiger partial charge in [0.15, 0.2) is 0 Å². The number of hydrogen-bond donors (Lipinski definition) is 1. The lowest BCUT2D eigenvalue weighted by Crippen LogP contribution is -2.18. The maximum absolute atomic E-state index is 13.1. The van der Waals surface area contributed by atoms with Gasteiger partial charge in [-0.3, -0.25) is 0 Å². The Morgan fingerprint density at radius 1 is 1.47 bits per heavy atom. The summed E-state index contributed by atoms with van der Waals surface area (Å²) in [4.78, 5) is 4.24. The second-order valence-corrected chi connectivity index (χ2v) is 5.01. The van der Waals surface area contributed by atoms with Gasteiger partial charge in [0.2, 0.25) is 0 Å². The number of rotatable bonds is 3. The van der Waals surface area contributed by atoms with E-state index in [4.69, 9.17) is 0 Å². The molecule has 1 unspecified atom stereocenters. The molecule has 0 fully saturated rings. The Kier molecular flexibility index (Phi) is 2.91. The molecule has 1 N–H and O–H groups in total. The van der Waals surface area contributed by atoms with Gasteiger partial charge in [0.05, 0.1) is 11.2 Å². The SMILES string of the molecule is Fc1ccc2c(c1)CCC2NCc1cscn1. The molecule has 88 valence electrons. The van der Waals surface area contributed by atoms with Crippen molar-refractivity contribution in [3.8, 4) is 0 Å². The van der Waals surface area contributed by atoms with Gasteiger partial charge in [0.1, 0.15) is 5.82 Å². The van der Waals surface area contributed by atoms with Crippen LogP contribution in [-0.2, 0) is 13.0 Å². The first-order valence-electron chi connectivity index (χ1n) is 5.72. The zero-order valence-electron chi connectivity index (χ0n) is 9.32. The van der Waals surface area contributed by atoms with E-state index in [0.717, 1.165) is 30.6 Å². The Morgan fingerprint density at radius 2 is 2.41 bits per heavy atom. The number of aromatic nitrogens is 1. The van der Waals surface area contributed by atoms with Crippen LogP contribution in [0.4, 0.5) is 4.39 Å². The largest absolute Gasteiger partial charge is 0.304 e. The third-order valence-electron chi connectivity index (χ3n) is 3.20. The molecule has 0 amide bonds. The first kappa shape index (κ1) is 10.9. The number of nitrogens with one attached hydrogen (secondary N) is 1. The first-order chi connectivity index (χ1) is 8.33. The van der Waals surface area contributed by atoms with Crippen molar-refractivity contribution in [1.29, 1.82) is 0 Å². The third kappa shape index (κ3) is 2.23. The summed E-state index contributed by atoms with van der Waals surface area (Å²) in [5.74, 6) is -0.135. The van der Waals surface area contributed by atoms with E-state index in [1.807, 2.05) is 17.0 Å². The van der Waals surface area contributed by atoms with Gasteiger partial charge in [-0.15, -0.1) is 11.3 Å². The minimum Gasteiger partial charge on any atom is -0.304 e. The molecule has 17 heavy (non-hydrogen) atoms. The highest BCUT2D eigenvalue weighted by molar-refractivity contribution is 7.07. The Morgan fingerprint density at radius 3 is 3.24 bits per heavy atom. The Bertz CT molecular complexity index is 510. The highest BCUT2D eigenvalue weighted by atomic mass is 32.1. The number of thiazole rings is 1. The lowest BCUT2D eigenvalue weighted by molar-refractivity contribution is 0.526. The van der Waals surface area contributed by atoms with E-state index in [1.54, 1.807) is 23.5 Å². The predicted octanol–water partition coefficient (Wildman–Crippen LogP) is 3.06. The second kappa shape index (κ2) is 4.55. The quantitative estimate of drug-likeness (QED) is 0.903. The van der Waals surface area contributed by atoms with Crippen LogP contribution in [0.2, 0.25) is 0 Å². The molecule has 0 bridgehead atoms. The van der Waals surface area contributed by atoms with Gasteiger partial charge in [-0.05, 0) is 36.1 Å². The lowest BCUT2D eigenvalue weighted by Gasteiger charge is -2.12. The first-order valence-corrected chi connectivity index (χ1v) is 6.66. The Balaban J connectivity index is 1.71. The van der Waals surface area contributed by atoms with Crippen LogP contribution in [0.25, 0.3) is 0 Å². The summed E-state index contributed by atoms with van der Waals surface area (Å²) in [7, 11) is 0. The van der Waals surface area contributed by atoms with Crippen LogP contribution >= 0.6 is 11.3 Å². The van der Waals surface area contributed by atoms with E-state index in [1.165, 1.54) is 5.56 Å². The molecule has 4 heteroatoms. The normalized spacial score (nSPS) is 18.3. The average Bonchev–Trinajstić information content (AvgIpc) is 2.94. The minimum absolute atomic E-state index is 0.135. The van der Waals surface area contributed by atoms with Crippen molar-refractivity contribution in [2.75, 3.05) is 0 Å². The van der Waals surface area contributed by atoms with Gasteiger partial charge in [0.25, 0.3) is 0 Å². The van der Waals surface area contributed by atoms with Crippen LogP contribution in [0.1, 0.15) is 29.3 Å². The molecular weight excluding hydrogens is 235 g/mol. The number of aryl methyl sites for hydroxylation is 1. The maximum atomic E-state index is 13.1. The van der Waals surface area contributed by atoms with Crippen molar-refractivity contribution in [2.45, 2.75) is 25.4 Å². The number of halogens is 1. The molecule has 1 atom stereocenters. The molecule has 1 aromatic carbocycles. The summed E-state index contributed by atoms with van der Waals surface area (Å²) in [5, 5.41) is 5.53. The number of hydrogen-bond acceptors (Lipinski definition) is 3. The van der Waals surface area contributed by atoms with Crippen LogP contribution in [0.5, 0.6) is 0 Å². The molecule has 0 saturated carbocycles. The average molecular weight is 248 g/mol. The standard InChI is InChI=1S/C13H13FN2S/c14-10-2-3-12-9(5-10)1-4-13(12)15-6-11-7-17-8-16-11/h2-3,5,7-8,13,15H,1,4,6H2. The number of nitrogens with zero attached hydrogens (tertiary/aromatic N) is 1. The van der Waals surface area contributed by atoms with Gasteiger partial charge >= 0.3 is 0 Å². The minimum atomic E-state index is -0.135. The van der Waals surface area contributed by atoms with Gasteiger partial charge in [0, 0.05) is 18.0 Å². The fourth-order valence-corrected chi connectivity index (χ4v) is 2.91. The number of fused-ring (bicyclic) bond motifs is 1. The molecule has 0 spiro atoms. The van der Waals surface area contributed by atoms with E-state index in [2.05, 4.69) is 10.3 Å². The summed E-state index contributed by atoms with van der Waals surface area (Å²) < 4.78 is 13.1. The smallest absolute Gasteiger partial charge is 0.123 e. The van der Waals surface area contributed by atoms with Gasteiger partial charge in [-0.1, -0.05) is 6.07 Å². The molecule has 1 aliphatic rings. The molecule has 2 nitrogen and oxygen atoms in total. The van der Waals surface area contributed by atoms with Crippen molar-refractivity contribution in [2.24, 2.45) is 0 Å². The molecule has 0 aliphatic heterocycles. The fourth-order valence-electron chi connectivity index (χ4n) is 2.35. The van der Waals surface area contributed by atoms with Crippen molar-refractivity contribution in [3.63, 3.8) is 0 Å². The summed E-state index contributed by atoms with van der Waals surface area (Å²) in [6, 6.07) is 5.44. The monoisotopic (exact) mass is 248 g/mol. The summed E-state index contributed by atoms with van der Waals surface area (Å²) in [6.45, 7) is 0.783. The maximum Gasteiger partial charge on any atom is 0.123 e. The zero-order chi connectivity index (χ0) is 11.7. The summed E-state index contributed by atoms with van der Waals surface area (Å²) in [6.07, 6.45) is 2.00. The Labute approximate surface area is 104 Å². The Hall–Kier alpha value is -1.26. The van der Waals surface area contributed by atoms with Crippen LogP contribution < -0.4 is 5.32 Å². The highest BCUT2D eigenvalue weighted by Gasteiger charge is 2.22. The van der Waals surface area contributed by atoms with Crippen molar-refractivity contribution in [1.82, 2.24) is 10.3 Å². The molecule has 2 aromatic rings. The van der Waals surface area contributed by atoms with Gasteiger partial charge in [-0.2, -0.15) is 0 Å². The van der Waals surface area contributed by atoms with Crippen LogP contribution in [0.3, 0.4) is 0 Å². The fraction of sp³-hybridized carbons (Fsp3) is 0.308. The van der Waals surface area contributed by atoms with Crippen LogP contribution in [0.15, 0.2) is 29.1 Å². The number of benzene rings is 1. The van der Waals surface area contributed by atoms with E-state index in [-0.39, 0.29) is 5.82 Å². The molecule has 0 radical (unpaired) electrons. The van der Waals surface area contributed by atoms with E-state index >= 15 is 0 Å².